The number of amides is 1. The van der Waals surface area contributed by atoms with Gasteiger partial charge in [-0.1, -0.05) is 6.92 Å². The molecule has 1 fully saturated rings. The van der Waals surface area contributed by atoms with Crippen LogP contribution in [0.1, 0.15) is 20.3 Å². The minimum Gasteiger partial charge on any atom is -0.379 e. The Morgan fingerprint density at radius 3 is 2.83 bits per heavy atom. The lowest BCUT2D eigenvalue weighted by Gasteiger charge is -2.24. The number of hydrogen-bond donors (Lipinski definition) is 2. The van der Waals surface area contributed by atoms with E-state index < -0.39 is 0 Å². The van der Waals surface area contributed by atoms with E-state index in [2.05, 4.69) is 36.4 Å². The molecular weight excluding hydrogens is 230 g/mol. The molecule has 0 bridgehead atoms. The number of carbonyl (C=O) groups is 1. The highest BCUT2D eigenvalue weighted by atomic mass is 16.5. The van der Waals surface area contributed by atoms with Crippen molar-refractivity contribution in [2.24, 2.45) is 5.92 Å². The van der Waals surface area contributed by atoms with Crippen LogP contribution in [0.2, 0.25) is 0 Å². The molecule has 1 heterocycles. The Bertz CT molecular complexity index is 261. The largest absolute Gasteiger partial charge is 0.379 e. The molecule has 0 spiro atoms. The van der Waals surface area contributed by atoms with Gasteiger partial charge in [-0.15, -0.1) is 0 Å². The van der Waals surface area contributed by atoms with Gasteiger partial charge in [0.25, 0.3) is 0 Å². The van der Waals surface area contributed by atoms with Crippen LogP contribution < -0.4 is 10.6 Å². The van der Waals surface area contributed by atoms with Crippen molar-refractivity contribution in [2.45, 2.75) is 32.4 Å². The summed E-state index contributed by atoms with van der Waals surface area (Å²) in [4.78, 5) is 14.3. The Labute approximate surface area is 110 Å². The number of nitrogens with zero attached hydrogens (tertiary/aromatic N) is 1. The lowest BCUT2D eigenvalue weighted by atomic mass is 10.0. The van der Waals surface area contributed by atoms with Crippen LogP contribution in [-0.4, -0.2) is 63.3 Å². The number of ether oxygens (including phenoxy) is 1. The van der Waals surface area contributed by atoms with Crippen LogP contribution in [0.15, 0.2) is 0 Å². The van der Waals surface area contributed by atoms with Gasteiger partial charge >= 0.3 is 0 Å². The zero-order valence-electron chi connectivity index (χ0n) is 12.0. The van der Waals surface area contributed by atoms with Gasteiger partial charge in [-0.3, -0.25) is 4.79 Å². The summed E-state index contributed by atoms with van der Waals surface area (Å²) in [5.41, 5.74) is 0. The van der Waals surface area contributed by atoms with Gasteiger partial charge in [-0.2, -0.15) is 0 Å². The quantitative estimate of drug-likeness (QED) is 0.677. The highest BCUT2D eigenvalue weighted by Crippen LogP contribution is 2.13. The van der Waals surface area contributed by atoms with E-state index in [4.69, 9.17) is 4.74 Å². The van der Waals surface area contributed by atoms with Gasteiger partial charge in [0.1, 0.15) is 0 Å². The third-order valence-electron chi connectivity index (χ3n) is 3.90. The first-order valence-corrected chi connectivity index (χ1v) is 6.83. The molecule has 0 aromatic rings. The summed E-state index contributed by atoms with van der Waals surface area (Å²) in [6.07, 6.45) is 1.13. The standard InChI is InChI=1S/C13H27N3O2/c1-5-10(2)16(4)7-6-15-13(17)11-8-18-9-12(11)14-3/h10-12,14H,5-9H2,1-4H3,(H,15,17). The third-order valence-corrected chi connectivity index (χ3v) is 3.90. The van der Waals surface area contributed by atoms with Gasteiger partial charge in [-0.25, -0.2) is 0 Å². The number of hydrogen-bond acceptors (Lipinski definition) is 4. The van der Waals surface area contributed by atoms with E-state index in [0.29, 0.717) is 25.8 Å². The van der Waals surface area contributed by atoms with E-state index in [1.165, 1.54) is 0 Å². The molecule has 1 rings (SSSR count). The molecule has 5 heteroatoms. The first kappa shape index (κ1) is 15.4. The lowest BCUT2D eigenvalue weighted by molar-refractivity contribution is -0.125. The highest BCUT2D eigenvalue weighted by Gasteiger charge is 2.32. The van der Waals surface area contributed by atoms with E-state index in [-0.39, 0.29) is 17.9 Å². The highest BCUT2D eigenvalue weighted by molar-refractivity contribution is 5.79. The zero-order chi connectivity index (χ0) is 13.5. The molecule has 1 aliphatic rings. The summed E-state index contributed by atoms with van der Waals surface area (Å²) < 4.78 is 5.33. The van der Waals surface area contributed by atoms with E-state index in [1.807, 2.05) is 7.05 Å². The van der Waals surface area contributed by atoms with Crippen LogP contribution in [0.3, 0.4) is 0 Å². The molecule has 2 N–H and O–H groups in total. The van der Waals surface area contributed by atoms with Gasteiger partial charge in [-0.05, 0) is 27.4 Å². The Balaban J connectivity index is 2.25. The van der Waals surface area contributed by atoms with Crippen LogP contribution in [0.5, 0.6) is 0 Å². The fraction of sp³-hybridized carbons (Fsp3) is 0.923. The number of nitrogens with one attached hydrogen (secondary N) is 2. The third kappa shape index (κ3) is 4.23. The van der Waals surface area contributed by atoms with Crippen LogP contribution in [0, 0.1) is 5.92 Å². The Hall–Kier alpha value is -0.650. The van der Waals surface area contributed by atoms with E-state index in [9.17, 15) is 4.79 Å². The molecule has 1 aliphatic heterocycles. The minimum absolute atomic E-state index is 0.0519. The Kier molecular flexibility index (Phi) is 6.60. The van der Waals surface area contributed by atoms with Crippen molar-refractivity contribution in [3.8, 4) is 0 Å². The topological polar surface area (TPSA) is 53.6 Å². The summed E-state index contributed by atoms with van der Waals surface area (Å²) >= 11 is 0. The molecule has 0 radical (unpaired) electrons. The molecule has 3 unspecified atom stereocenters. The number of likely N-dealkylation sites (N-methyl/N-ethyl adjacent to an activating group) is 2. The van der Waals surface area contributed by atoms with Gasteiger partial charge < -0.3 is 20.3 Å². The van der Waals surface area contributed by atoms with Crippen molar-refractivity contribution in [3.05, 3.63) is 0 Å². The van der Waals surface area contributed by atoms with Crippen molar-refractivity contribution in [1.82, 2.24) is 15.5 Å². The molecule has 1 amide bonds. The predicted molar refractivity (Wildman–Crippen MR) is 72.5 cm³/mol. The maximum Gasteiger partial charge on any atom is 0.227 e. The van der Waals surface area contributed by atoms with E-state index in [0.717, 1.165) is 13.0 Å². The molecule has 1 saturated heterocycles. The molecule has 0 aromatic heterocycles. The minimum atomic E-state index is -0.0519. The molecule has 18 heavy (non-hydrogen) atoms. The van der Waals surface area contributed by atoms with E-state index >= 15 is 0 Å². The number of carbonyl (C=O) groups excluding carboxylic acids is 1. The first-order chi connectivity index (χ1) is 8.60. The summed E-state index contributed by atoms with van der Waals surface area (Å²) in [6, 6.07) is 0.707. The summed E-state index contributed by atoms with van der Waals surface area (Å²) in [7, 11) is 3.96. The average molecular weight is 257 g/mol. The SMILES string of the molecule is CCC(C)N(C)CCNC(=O)C1COCC1NC. The van der Waals surface area contributed by atoms with Gasteiger partial charge in [0.2, 0.25) is 5.91 Å². The van der Waals surface area contributed by atoms with Crippen molar-refractivity contribution >= 4 is 5.91 Å². The molecule has 0 aromatic carbocycles. The second kappa shape index (κ2) is 7.71. The van der Waals surface area contributed by atoms with Crippen molar-refractivity contribution < 1.29 is 9.53 Å². The van der Waals surface area contributed by atoms with Gasteiger partial charge in [0.05, 0.1) is 19.1 Å². The Morgan fingerprint density at radius 1 is 1.50 bits per heavy atom. The second-order valence-corrected chi connectivity index (χ2v) is 5.07. The maximum absolute atomic E-state index is 12.0. The summed E-state index contributed by atoms with van der Waals surface area (Å²) in [6.45, 7) is 7.11. The second-order valence-electron chi connectivity index (χ2n) is 5.07. The predicted octanol–water partition coefficient (Wildman–Crippen LogP) is 0.0673. The smallest absolute Gasteiger partial charge is 0.227 e. The Morgan fingerprint density at radius 2 is 2.22 bits per heavy atom. The van der Waals surface area contributed by atoms with Crippen molar-refractivity contribution in [2.75, 3.05) is 40.4 Å². The normalized spacial score (nSPS) is 25.4. The maximum atomic E-state index is 12.0. The van der Waals surface area contributed by atoms with Crippen LogP contribution >= 0.6 is 0 Å². The molecule has 106 valence electrons. The lowest BCUT2D eigenvalue weighted by Crippen LogP contribution is -2.45. The van der Waals surface area contributed by atoms with Gasteiger partial charge in [0, 0.05) is 25.2 Å². The zero-order valence-corrected chi connectivity index (χ0v) is 12.0. The molecule has 0 aliphatic carbocycles. The average Bonchev–Trinajstić information content (AvgIpc) is 2.85. The molecule has 0 saturated carbocycles. The molecule has 3 atom stereocenters. The van der Waals surface area contributed by atoms with Crippen LogP contribution in [-0.2, 0) is 9.53 Å². The monoisotopic (exact) mass is 257 g/mol. The van der Waals surface area contributed by atoms with Gasteiger partial charge in [0.15, 0.2) is 0 Å². The summed E-state index contributed by atoms with van der Waals surface area (Å²) in [5.74, 6) is 0.0494. The fourth-order valence-electron chi connectivity index (χ4n) is 2.12. The van der Waals surface area contributed by atoms with E-state index in [1.54, 1.807) is 0 Å². The first-order valence-electron chi connectivity index (χ1n) is 6.83. The van der Waals surface area contributed by atoms with Crippen molar-refractivity contribution in [1.29, 1.82) is 0 Å². The summed E-state index contributed by atoms with van der Waals surface area (Å²) in [5, 5.41) is 6.12. The van der Waals surface area contributed by atoms with Crippen molar-refractivity contribution in [3.63, 3.8) is 0 Å². The fourth-order valence-corrected chi connectivity index (χ4v) is 2.12. The van der Waals surface area contributed by atoms with Crippen LogP contribution in [0.4, 0.5) is 0 Å². The van der Waals surface area contributed by atoms with Crippen LogP contribution in [0.25, 0.3) is 0 Å². The molecule has 5 nitrogen and oxygen atoms in total. The molecular formula is C13H27N3O2. The number of rotatable bonds is 7.